The number of thiophene rings is 1. The minimum atomic E-state index is -2.02. The molecule has 3 rings (SSSR count). The Bertz CT molecular complexity index is 799. The van der Waals surface area contributed by atoms with Crippen LogP contribution in [0.15, 0.2) is 28.8 Å². The van der Waals surface area contributed by atoms with E-state index in [1.807, 2.05) is 0 Å². The molecular formula is C16H15NO7S2. The second-order valence-electron chi connectivity index (χ2n) is 5.65. The van der Waals surface area contributed by atoms with Crippen LogP contribution in [0.5, 0.6) is 0 Å². The normalized spacial score (nSPS) is 19.5. The molecule has 1 N–H and O–H groups in total. The maximum atomic E-state index is 12.0. The summed E-state index contributed by atoms with van der Waals surface area (Å²) in [5.74, 6) is -5.08. The molecular weight excluding hydrogens is 382 g/mol. The zero-order valence-corrected chi connectivity index (χ0v) is 15.5. The van der Waals surface area contributed by atoms with E-state index < -0.39 is 23.7 Å². The molecule has 1 saturated heterocycles. The van der Waals surface area contributed by atoms with Crippen LogP contribution in [0, 0.1) is 0 Å². The summed E-state index contributed by atoms with van der Waals surface area (Å²) >= 11 is 2.48. The first-order valence-corrected chi connectivity index (χ1v) is 9.53. The Morgan fingerprint density at radius 3 is 2.38 bits per heavy atom. The molecule has 0 bridgehead atoms. The molecule has 10 heteroatoms. The topological polar surface area (TPSA) is 110 Å². The van der Waals surface area contributed by atoms with E-state index in [0.29, 0.717) is 4.88 Å². The number of fused-ring (bicyclic) bond motifs is 1. The van der Waals surface area contributed by atoms with E-state index >= 15 is 0 Å². The van der Waals surface area contributed by atoms with E-state index in [-0.39, 0.29) is 34.7 Å². The second-order valence-corrected chi connectivity index (χ2v) is 7.76. The van der Waals surface area contributed by atoms with Crippen molar-refractivity contribution in [2.24, 2.45) is 0 Å². The first-order valence-electron chi connectivity index (χ1n) is 7.60. The molecule has 1 fully saturated rings. The van der Waals surface area contributed by atoms with Gasteiger partial charge in [0.15, 0.2) is 0 Å². The first kappa shape index (κ1) is 18.5. The number of amides is 1. The largest absolute Gasteiger partial charge is 0.477 e. The minimum Gasteiger partial charge on any atom is -0.477 e. The van der Waals surface area contributed by atoms with Gasteiger partial charge in [-0.25, -0.2) is 4.79 Å². The number of esters is 2. The van der Waals surface area contributed by atoms with Gasteiger partial charge in [0.1, 0.15) is 5.70 Å². The smallest absolute Gasteiger partial charge is 0.352 e. The van der Waals surface area contributed by atoms with Crippen LogP contribution in [0.25, 0.3) is 0 Å². The van der Waals surface area contributed by atoms with Crippen LogP contribution in [-0.2, 0) is 34.4 Å². The molecule has 0 aliphatic carbocycles. The summed E-state index contributed by atoms with van der Waals surface area (Å²) in [5, 5.41) is 11.1. The monoisotopic (exact) mass is 397 g/mol. The number of carboxylic acids is 1. The first-order chi connectivity index (χ1) is 12.3. The van der Waals surface area contributed by atoms with Gasteiger partial charge in [-0.1, -0.05) is 6.07 Å². The number of hydrogen-bond donors (Lipinski definition) is 1. The number of ether oxygens (including phenoxy) is 2. The van der Waals surface area contributed by atoms with E-state index in [1.54, 1.807) is 17.5 Å². The predicted molar refractivity (Wildman–Crippen MR) is 91.9 cm³/mol. The lowest BCUT2D eigenvalue weighted by atomic mass is 9.99. The number of β-lactam (4-membered cyclic amide) rings is 1. The molecule has 1 atom stereocenters. The third-order valence-corrected chi connectivity index (χ3v) is 6.04. The van der Waals surface area contributed by atoms with E-state index in [0.717, 1.165) is 30.1 Å². The van der Waals surface area contributed by atoms with Crippen molar-refractivity contribution >= 4 is 46.9 Å². The third-order valence-electron chi connectivity index (χ3n) is 3.87. The molecule has 1 amide bonds. The van der Waals surface area contributed by atoms with Crippen molar-refractivity contribution in [1.82, 2.24) is 4.90 Å². The van der Waals surface area contributed by atoms with Gasteiger partial charge in [0.2, 0.25) is 5.91 Å². The van der Waals surface area contributed by atoms with Crippen molar-refractivity contribution in [2.75, 3.05) is 5.75 Å². The molecule has 138 valence electrons. The van der Waals surface area contributed by atoms with Gasteiger partial charge in [0, 0.05) is 19.6 Å². The van der Waals surface area contributed by atoms with Crippen molar-refractivity contribution < 1.29 is 33.8 Å². The molecule has 1 aromatic rings. The second kappa shape index (κ2) is 6.76. The van der Waals surface area contributed by atoms with Gasteiger partial charge in [-0.3, -0.25) is 19.3 Å². The lowest BCUT2D eigenvalue weighted by Crippen LogP contribution is -2.56. The summed E-state index contributed by atoms with van der Waals surface area (Å²) in [6.07, 6.45) is 0.238. The molecule has 0 radical (unpaired) electrons. The lowest BCUT2D eigenvalue weighted by Gasteiger charge is -2.46. The summed E-state index contributed by atoms with van der Waals surface area (Å²) in [6, 6.07) is 3.24. The molecule has 3 heterocycles. The zero-order chi connectivity index (χ0) is 19.1. The fraction of sp³-hybridized carbons (Fsp3) is 0.375. The van der Waals surface area contributed by atoms with Crippen LogP contribution in [0.3, 0.4) is 0 Å². The molecule has 0 aromatic carbocycles. The minimum absolute atomic E-state index is 0.0483. The van der Waals surface area contributed by atoms with E-state index in [9.17, 15) is 24.3 Å². The molecule has 0 spiro atoms. The molecule has 1 aromatic heterocycles. The van der Waals surface area contributed by atoms with Gasteiger partial charge in [-0.05, 0) is 11.4 Å². The van der Waals surface area contributed by atoms with Gasteiger partial charge in [-0.15, -0.1) is 23.1 Å². The van der Waals surface area contributed by atoms with Crippen molar-refractivity contribution in [3.63, 3.8) is 0 Å². The summed E-state index contributed by atoms with van der Waals surface area (Å²) in [4.78, 5) is 49.1. The fourth-order valence-electron chi connectivity index (χ4n) is 2.93. The molecule has 0 unspecified atom stereocenters. The number of hydrogen-bond acceptors (Lipinski definition) is 8. The Kier molecular flexibility index (Phi) is 4.80. The van der Waals surface area contributed by atoms with Crippen LogP contribution in [0.1, 0.15) is 25.1 Å². The SMILES string of the molecule is CC(=O)OC(OC(C)=O)(C1=C(C(=O)O)N2C(=O)C[C@H]2SC1)c1cccs1. The van der Waals surface area contributed by atoms with Gasteiger partial charge in [0.25, 0.3) is 0 Å². The fourth-order valence-corrected chi connectivity index (χ4v) is 5.07. The van der Waals surface area contributed by atoms with E-state index in [1.165, 1.54) is 11.8 Å². The van der Waals surface area contributed by atoms with E-state index in [2.05, 4.69) is 0 Å². The Labute approximate surface area is 156 Å². The average Bonchev–Trinajstić information content (AvgIpc) is 3.06. The van der Waals surface area contributed by atoms with Gasteiger partial charge in [0.05, 0.1) is 22.2 Å². The van der Waals surface area contributed by atoms with Crippen LogP contribution < -0.4 is 0 Å². The Morgan fingerprint density at radius 2 is 1.92 bits per heavy atom. The van der Waals surface area contributed by atoms with Crippen molar-refractivity contribution in [2.45, 2.75) is 31.4 Å². The summed E-state index contributed by atoms with van der Waals surface area (Å²) in [5.41, 5.74) is -0.256. The third kappa shape index (κ3) is 2.99. The number of carboxylic acid groups (broad SMARTS) is 1. The molecule has 2 aliphatic rings. The standard InChI is InChI=1S/C16H15NO7S2/c1-8(18)23-16(24-9(2)19,11-4-3-5-25-11)10-7-26-13-6-12(20)17(13)14(10)15(21)22/h3-5,13H,6-7H2,1-2H3,(H,21,22)/t13-/m1/s1. The van der Waals surface area contributed by atoms with Crippen molar-refractivity contribution in [3.8, 4) is 0 Å². The maximum Gasteiger partial charge on any atom is 0.352 e. The lowest BCUT2D eigenvalue weighted by molar-refractivity contribution is -0.217. The number of thioether (sulfide) groups is 1. The molecule has 26 heavy (non-hydrogen) atoms. The summed E-state index contributed by atoms with van der Waals surface area (Å²) in [6.45, 7) is 2.28. The summed E-state index contributed by atoms with van der Waals surface area (Å²) < 4.78 is 10.8. The van der Waals surface area contributed by atoms with E-state index in [4.69, 9.17) is 9.47 Å². The Morgan fingerprint density at radius 1 is 1.27 bits per heavy atom. The number of nitrogens with zero attached hydrogens (tertiary/aromatic N) is 1. The van der Waals surface area contributed by atoms with Crippen LogP contribution >= 0.6 is 23.1 Å². The average molecular weight is 397 g/mol. The quantitative estimate of drug-likeness (QED) is 0.454. The molecule has 0 saturated carbocycles. The van der Waals surface area contributed by atoms with Gasteiger partial charge in [-0.2, -0.15) is 0 Å². The number of aliphatic carboxylic acids is 1. The molecule has 2 aliphatic heterocycles. The van der Waals surface area contributed by atoms with Crippen LogP contribution in [-0.4, -0.2) is 44.9 Å². The van der Waals surface area contributed by atoms with Crippen LogP contribution in [0.4, 0.5) is 0 Å². The predicted octanol–water partition coefficient (Wildman–Crippen LogP) is 1.67. The maximum absolute atomic E-state index is 12.0. The van der Waals surface area contributed by atoms with Crippen LogP contribution in [0.2, 0.25) is 0 Å². The highest BCUT2D eigenvalue weighted by molar-refractivity contribution is 8.00. The highest BCUT2D eigenvalue weighted by atomic mass is 32.2. The number of carbonyl (C=O) groups excluding carboxylic acids is 3. The number of rotatable bonds is 5. The Balaban J connectivity index is 2.26. The molecule has 8 nitrogen and oxygen atoms in total. The number of carbonyl (C=O) groups is 4. The summed E-state index contributed by atoms with van der Waals surface area (Å²) in [7, 11) is 0. The zero-order valence-electron chi connectivity index (χ0n) is 13.9. The Hall–Kier alpha value is -2.33. The van der Waals surface area contributed by atoms with Crippen molar-refractivity contribution in [1.29, 1.82) is 0 Å². The highest BCUT2D eigenvalue weighted by Crippen LogP contribution is 2.48. The van der Waals surface area contributed by atoms with Gasteiger partial charge < -0.3 is 14.6 Å². The highest BCUT2D eigenvalue weighted by Gasteiger charge is 2.54. The van der Waals surface area contributed by atoms with Crippen molar-refractivity contribution in [3.05, 3.63) is 33.7 Å². The van der Waals surface area contributed by atoms with Gasteiger partial charge >= 0.3 is 23.7 Å².